The van der Waals surface area contributed by atoms with Crippen LogP contribution in [0.1, 0.15) is 19.4 Å². The van der Waals surface area contributed by atoms with Crippen LogP contribution in [0.15, 0.2) is 59.6 Å². The van der Waals surface area contributed by atoms with Gasteiger partial charge in [0.1, 0.15) is 12.4 Å². The average Bonchev–Trinajstić information content (AvgIpc) is 3.18. The second kappa shape index (κ2) is 8.43. The number of benzene rings is 2. The zero-order chi connectivity index (χ0) is 21.3. The van der Waals surface area contributed by atoms with Crippen LogP contribution in [0.4, 0.5) is 5.69 Å². The Morgan fingerprint density at radius 2 is 1.83 bits per heavy atom. The third kappa shape index (κ3) is 4.54. The summed E-state index contributed by atoms with van der Waals surface area (Å²) in [6.45, 7) is 4.08. The Kier molecular flexibility index (Phi) is 5.88. The molecule has 4 rings (SSSR count). The Balaban J connectivity index is 1.56. The van der Waals surface area contributed by atoms with Crippen LogP contribution in [-0.4, -0.2) is 42.3 Å². The summed E-state index contributed by atoms with van der Waals surface area (Å²) >= 11 is 1.39. The topological polar surface area (TPSA) is 76.0 Å². The highest BCUT2D eigenvalue weighted by molar-refractivity contribution is 8.16. The van der Waals surface area contributed by atoms with Crippen molar-refractivity contribution in [2.45, 2.75) is 31.7 Å². The second-order valence-corrected chi connectivity index (χ2v) is 11.2. The molecule has 0 aliphatic carbocycles. The van der Waals surface area contributed by atoms with Gasteiger partial charge in [-0.2, -0.15) is 4.99 Å². The Morgan fingerprint density at radius 1 is 1.13 bits per heavy atom. The molecule has 158 valence electrons. The summed E-state index contributed by atoms with van der Waals surface area (Å²) in [6.07, 6.45) is 0. The summed E-state index contributed by atoms with van der Waals surface area (Å²) < 4.78 is 30.2. The van der Waals surface area contributed by atoms with Crippen LogP contribution in [0.2, 0.25) is 0 Å². The fraction of sp³-hybridized carbons (Fsp3) is 0.364. The molecule has 8 heteroatoms. The van der Waals surface area contributed by atoms with E-state index >= 15 is 0 Å². The molecule has 0 spiro atoms. The first kappa shape index (κ1) is 20.9. The van der Waals surface area contributed by atoms with Gasteiger partial charge in [0, 0.05) is 16.9 Å². The van der Waals surface area contributed by atoms with Gasteiger partial charge in [-0.1, -0.05) is 55.9 Å². The number of aliphatic imine (C=N–C) groups is 1. The fourth-order valence-corrected chi connectivity index (χ4v) is 7.45. The lowest BCUT2D eigenvalue weighted by atomic mass is 10.2. The number of fused-ring (bicyclic) bond motifs is 1. The maximum atomic E-state index is 12.2. The Labute approximate surface area is 181 Å². The number of amidine groups is 1. The number of amides is 1. The first-order valence-corrected chi connectivity index (χ1v) is 12.6. The molecule has 0 unspecified atom stereocenters. The molecule has 2 atom stereocenters. The standard InChI is InChI=1S/C22H24N2O4S2/c1-15(2)21(25)23-22-24(19-13-30(26,27)14-20(19)29-22)17-8-10-18(11-9-17)28-12-16-6-4-3-5-7-16/h3-11,15,19-20H,12-14H2,1-2H3/t19-,20-/m0/s1. The van der Waals surface area contributed by atoms with E-state index in [1.54, 1.807) is 13.8 Å². The number of nitrogens with zero attached hydrogens (tertiary/aromatic N) is 2. The Morgan fingerprint density at radius 3 is 2.50 bits per heavy atom. The zero-order valence-corrected chi connectivity index (χ0v) is 18.5. The molecule has 0 aromatic heterocycles. The van der Waals surface area contributed by atoms with Crippen LogP contribution in [0.25, 0.3) is 0 Å². The van der Waals surface area contributed by atoms with Crippen LogP contribution in [0.3, 0.4) is 0 Å². The fourth-order valence-electron chi connectivity index (χ4n) is 3.53. The number of rotatable bonds is 5. The van der Waals surface area contributed by atoms with Crippen molar-refractivity contribution in [1.29, 1.82) is 0 Å². The van der Waals surface area contributed by atoms with Gasteiger partial charge < -0.3 is 9.64 Å². The van der Waals surface area contributed by atoms with Crippen molar-refractivity contribution in [2.24, 2.45) is 10.9 Å². The summed E-state index contributed by atoms with van der Waals surface area (Å²) in [5.41, 5.74) is 1.90. The predicted molar refractivity (Wildman–Crippen MR) is 121 cm³/mol. The molecule has 1 amide bonds. The molecule has 0 bridgehead atoms. The number of hydrogen-bond acceptors (Lipinski definition) is 5. The SMILES string of the molecule is CC(C)C(=O)N=C1S[C@H]2CS(=O)(=O)C[C@@H]2N1c1ccc(OCc2ccccc2)cc1. The second-order valence-electron chi connectivity index (χ2n) is 7.83. The van der Waals surface area contributed by atoms with Gasteiger partial charge in [-0.05, 0) is 29.8 Å². The summed E-state index contributed by atoms with van der Waals surface area (Å²) in [6, 6.07) is 17.2. The van der Waals surface area contributed by atoms with Gasteiger partial charge in [0.05, 0.1) is 17.5 Å². The monoisotopic (exact) mass is 444 g/mol. The van der Waals surface area contributed by atoms with E-state index < -0.39 is 9.84 Å². The number of hydrogen-bond donors (Lipinski definition) is 0. The minimum Gasteiger partial charge on any atom is -0.489 e. The molecule has 2 heterocycles. The molecule has 0 radical (unpaired) electrons. The third-order valence-corrected chi connectivity index (χ3v) is 8.34. The number of carbonyl (C=O) groups excluding carboxylic acids is 1. The summed E-state index contributed by atoms with van der Waals surface area (Å²) in [5, 5.41) is 0.472. The van der Waals surface area contributed by atoms with E-state index in [0.717, 1.165) is 17.0 Å². The number of thioether (sulfide) groups is 1. The molecular formula is C22H24N2O4S2. The van der Waals surface area contributed by atoms with E-state index in [4.69, 9.17) is 4.74 Å². The van der Waals surface area contributed by atoms with Gasteiger partial charge >= 0.3 is 0 Å². The maximum absolute atomic E-state index is 12.2. The molecule has 2 fully saturated rings. The highest BCUT2D eigenvalue weighted by atomic mass is 32.2. The van der Waals surface area contributed by atoms with Crippen LogP contribution < -0.4 is 9.64 Å². The van der Waals surface area contributed by atoms with Gasteiger partial charge in [-0.25, -0.2) is 8.42 Å². The van der Waals surface area contributed by atoms with Gasteiger partial charge in [0.15, 0.2) is 15.0 Å². The van der Waals surface area contributed by atoms with Crippen molar-refractivity contribution in [3.05, 3.63) is 60.2 Å². The van der Waals surface area contributed by atoms with Crippen molar-refractivity contribution in [2.75, 3.05) is 16.4 Å². The highest BCUT2D eigenvalue weighted by Gasteiger charge is 2.49. The lowest BCUT2D eigenvalue weighted by Crippen LogP contribution is -2.37. The molecular weight excluding hydrogens is 420 g/mol. The Bertz CT molecular complexity index is 1050. The Hall–Kier alpha value is -2.32. The first-order valence-electron chi connectivity index (χ1n) is 9.88. The van der Waals surface area contributed by atoms with E-state index in [1.807, 2.05) is 59.5 Å². The summed E-state index contributed by atoms with van der Waals surface area (Å²) in [4.78, 5) is 18.4. The first-order chi connectivity index (χ1) is 14.3. The zero-order valence-electron chi connectivity index (χ0n) is 16.9. The van der Waals surface area contributed by atoms with Crippen molar-refractivity contribution >= 4 is 38.4 Å². The molecule has 0 N–H and O–H groups in total. The van der Waals surface area contributed by atoms with Crippen molar-refractivity contribution in [1.82, 2.24) is 0 Å². The van der Waals surface area contributed by atoms with Gasteiger partial charge in [0.25, 0.3) is 5.91 Å². The summed E-state index contributed by atoms with van der Waals surface area (Å²) in [5.74, 6) is 0.505. The lowest BCUT2D eigenvalue weighted by molar-refractivity contribution is -0.120. The van der Waals surface area contributed by atoms with Crippen molar-refractivity contribution in [3.63, 3.8) is 0 Å². The van der Waals surface area contributed by atoms with E-state index in [9.17, 15) is 13.2 Å². The van der Waals surface area contributed by atoms with E-state index in [0.29, 0.717) is 11.8 Å². The molecule has 2 aromatic rings. The highest BCUT2D eigenvalue weighted by Crippen LogP contribution is 2.41. The molecule has 2 aliphatic rings. The van der Waals surface area contributed by atoms with Crippen molar-refractivity contribution in [3.8, 4) is 5.75 Å². The molecule has 2 aromatic carbocycles. The minimum absolute atomic E-state index is 0.0752. The maximum Gasteiger partial charge on any atom is 0.250 e. The normalized spacial score (nSPS) is 23.7. The van der Waals surface area contributed by atoms with Gasteiger partial charge in [-0.3, -0.25) is 4.79 Å². The molecule has 30 heavy (non-hydrogen) atoms. The van der Waals surface area contributed by atoms with Crippen LogP contribution in [0, 0.1) is 5.92 Å². The predicted octanol–water partition coefficient (Wildman–Crippen LogP) is 3.52. The van der Waals surface area contributed by atoms with Gasteiger partial charge in [0.2, 0.25) is 0 Å². The van der Waals surface area contributed by atoms with E-state index in [-0.39, 0.29) is 34.6 Å². The van der Waals surface area contributed by atoms with Gasteiger partial charge in [-0.15, -0.1) is 0 Å². The molecule has 0 saturated carbocycles. The quantitative estimate of drug-likeness (QED) is 0.702. The average molecular weight is 445 g/mol. The molecule has 2 aliphatic heterocycles. The van der Waals surface area contributed by atoms with Crippen molar-refractivity contribution < 1.29 is 17.9 Å². The minimum atomic E-state index is -3.09. The van der Waals surface area contributed by atoms with Crippen LogP contribution >= 0.6 is 11.8 Å². The number of anilines is 1. The van der Waals surface area contributed by atoms with E-state index in [1.165, 1.54) is 11.8 Å². The summed E-state index contributed by atoms with van der Waals surface area (Å²) in [7, 11) is -3.09. The number of carbonyl (C=O) groups is 1. The van der Waals surface area contributed by atoms with Crippen LogP contribution in [0.5, 0.6) is 5.75 Å². The van der Waals surface area contributed by atoms with Crippen LogP contribution in [-0.2, 0) is 21.2 Å². The molecule has 2 saturated heterocycles. The number of sulfone groups is 1. The lowest BCUT2D eigenvalue weighted by Gasteiger charge is -2.24. The smallest absolute Gasteiger partial charge is 0.250 e. The largest absolute Gasteiger partial charge is 0.489 e. The molecule has 6 nitrogen and oxygen atoms in total. The number of ether oxygens (including phenoxy) is 1. The third-order valence-electron chi connectivity index (χ3n) is 5.13. The van der Waals surface area contributed by atoms with E-state index in [2.05, 4.69) is 4.99 Å².